The maximum absolute atomic E-state index is 8.81. The van der Waals surface area contributed by atoms with Gasteiger partial charge >= 0.3 is 0 Å². The molecule has 0 aliphatic rings. The topological polar surface area (TPSA) is 49.5 Å². The van der Waals surface area contributed by atoms with Gasteiger partial charge in [0.1, 0.15) is 0 Å². The number of nitrogen functional groups attached to an aromatic ring is 1. The summed E-state index contributed by atoms with van der Waals surface area (Å²) >= 11 is 0. The van der Waals surface area contributed by atoms with E-state index in [0.29, 0.717) is 0 Å². The van der Waals surface area contributed by atoms with Crippen molar-refractivity contribution >= 4 is 11.4 Å². The third-order valence-electron chi connectivity index (χ3n) is 3.53. The molecule has 0 heterocycles. The lowest BCUT2D eigenvalue weighted by Gasteiger charge is -2.23. The smallest absolute Gasteiger partial charge is 0.0447 e. The average Bonchev–Trinajstić information content (AvgIpc) is 2.53. The van der Waals surface area contributed by atoms with Gasteiger partial charge in [0.25, 0.3) is 0 Å². The number of aliphatic hydroxyl groups is 1. The summed E-state index contributed by atoms with van der Waals surface area (Å²) in [6.45, 7) is 8.28. The first-order chi connectivity index (χ1) is 10.6. The van der Waals surface area contributed by atoms with Crippen LogP contribution in [0.15, 0.2) is 48.5 Å². The lowest BCUT2D eigenvalue weighted by atomic mass is 10.1. The molecule has 0 spiro atoms. The molecule has 2 aromatic carbocycles. The zero-order valence-electron chi connectivity index (χ0n) is 13.9. The van der Waals surface area contributed by atoms with Gasteiger partial charge in [-0.3, -0.25) is 0 Å². The van der Waals surface area contributed by atoms with Crippen molar-refractivity contribution in [3.8, 4) is 0 Å². The number of rotatable bonds is 5. The fourth-order valence-corrected chi connectivity index (χ4v) is 2.12. The van der Waals surface area contributed by atoms with Crippen molar-refractivity contribution in [2.45, 2.75) is 27.2 Å². The van der Waals surface area contributed by atoms with E-state index in [1.54, 1.807) is 0 Å². The lowest BCUT2D eigenvalue weighted by Crippen LogP contribution is -2.24. The molecule has 0 saturated heterocycles. The van der Waals surface area contributed by atoms with Crippen LogP contribution in [0.5, 0.6) is 0 Å². The first-order valence-corrected chi connectivity index (χ1v) is 7.82. The quantitative estimate of drug-likeness (QED) is 0.826. The standard InChI is InChI=1S/C12H20N2O.C7H8/c1-3-14(7-4-8-15)11-5-6-12(13)10(2)9-11;1-7-5-3-2-4-6-7/h5-6,9,15H,3-4,7-8,13H2,1-2H3;2-6H,1H3. The van der Waals surface area contributed by atoms with Crippen LogP contribution >= 0.6 is 0 Å². The number of nitrogens with two attached hydrogens (primary N) is 1. The predicted octanol–water partition coefficient (Wildman–Crippen LogP) is 3.78. The number of aliphatic hydroxyl groups excluding tert-OH is 1. The molecule has 2 aromatic rings. The second-order valence-corrected chi connectivity index (χ2v) is 5.35. The maximum Gasteiger partial charge on any atom is 0.0447 e. The number of hydrogen-bond acceptors (Lipinski definition) is 3. The largest absolute Gasteiger partial charge is 0.399 e. The summed E-state index contributed by atoms with van der Waals surface area (Å²) in [5.41, 5.74) is 10.2. The zero-order valence-corrected chi connectivity index (χ0v) is 13.9. The van der Waals surface area contributed by atoms with Crippen molar-refractivity contribution in [3.05, 3.63) is 59.7 Å². The molecule has 0 radical (unpaired) electrons. The Labute approximate surface area is 134 Å². The van der Waals surface area contributed by atoms with E-state index >= 15 is 0 Å². The van der Waals surface area contributed by atoms with Gasteiger partial charge in [0, 0.05) is 31.1 Å². The Morgan fingerprint density at radius 1 is 1.05 bits per heavy atom. The molecule has 3 N–H and O–H groups in total. The second-order valence-electron chi connectivity index (χ2n) is 5.35. The molecule has 0 atom stereocenters. The third-order valence-corrected chi connectivity index (χ3v) is 3.53. The Morgan fingerprint density at radius 2 is 1.73 bits per heavy atom. The molecule has 2 rings (SSSR count). The van der Waals surface area contributed by atoms with E-state index in [0.717, 1.165) is 30.8 Å². The summed E-state index contributed by atoms with van der Waals surface area (Å²) in [6.07, 6.45) is 0.803. The molecule has 3 heteroatoms. The minimum Gasteiger partial charge on any atom is -0.399 e. The Hall–Kier alpha value is -2.00. The highest BCUT2D eigenvalue weighted by Gasteiger charge is 2.04. The monoisotopic (exact) mass is 300 g/mol. The Morgan fingerprint density at radius 3 is 2.18 bits per heavy atom. The fraction of sp³-hybridized carbons (Fsp3) is 0.368. The Balaban J connectivity index is 0.000000287. The summed E-state index contributed by atoms with van der Waals surface area (Å²) in [5, 5.41) is 8.81. The van der Waals surface area contributed by atoms with Crippen LogP contribution in [0.4, 0.5) is 11.4 Å². The molecule has 0 amide bonds. The number of hydrogen-bond donors (Lipinski definition) is 2. The van der Waals surface area contributed by atoms with Crippen LogP contribution in [0.25, 0.3) is 0 Å². The summed E-state index contributed by atoms with van der Waals surface area (Å²) in [4.78, 5) is 2.24. The van der Waals surface area contributed by atoms with Gasteiger partial charge in [0.15, 0.2) is 0 Å². The highest BCUT2D eigenvalue weighted by molar-refractivity contribution is 5.57. The van der Waals surface area contributed by atoms with Crippen LogP contribution in [0.1, 0.15) is 24.5 Å². The maximum atomic E-state index is 8.81. The number of anilines is 2. The van der Waals surface area contributed by atoms with Gasteiger partial charge in [-0.1, -0.05) is 35.9 Å². The van der Waals surface area contributed by atoms with E-state index in [9.17, 15) is 0 Å². The van der Waals surface area contributed by atoms with E-state index in [1.807, 2.05) is 37.3 Å². The summed E-state index contributed by atoms with van der Waals surface area (Å²) in [7, 11) is 0. The van der Waals surface area contributed by atoms with Crippen LogP contribution < -0.4 is 10.6 Å². The zero-order chi connectivity index (χ0) is 16.4. The van der Waals surface area contributed by atoms with Crippen molar-refractivity contribution in [3.63, 3.8) is 0 Å². The molecule has 0 aliphatic carbocycles. The van der Waals surface area contributed by atoms with Crippen LogP contribution in [-0.4, -0.2) is 24.8 Å². The van der Waals surface area contributed by atoms with E-state index in [4.69, 9.17) is 10.8 Å². The van der Waals surface area contributed by atoms with Gasteiger partial charge in [-0.05, 0) is 51.0 Å². The molecule has 0 aliphatic heterocycles. The predicted molar refractivity (Wildman–Crippen MR) is 96.4 cm³/mol. The van der Waals surface area contributed by atoms with Crippen molar-refractivity contribution in [2.24, 2.45) is 0 Å². The van der Waals surface area contributed by atoms with Crippen LogP contribution in [0, 0.1) is 13.8 Å². The molecule has 0 unspecified atom stereocenters. The molecule has 120 valence electrons. The number of nitrogens with zero attached hydrogens (tertiary/aromatic N) is 1. The minimum atomic E-state index is 0.241. The summed E-state index contributed by atoms with van der Waals surface area (Å²) in [6, 6.07) is 16.3. The van der Waals surface area contributed by atoms with Gasteiger partial charge in [0.2, 0.25) is 0 Å². The lowest BCUT2D eigenvalue weighted by molar-refractivity contribution is 0.289. The Kier molecular flexibility index (Phi) is 8.08. The minimum absolute atomic E-state index is 0.241. The number of aryl methyl sites for hydroxylation is 2. The van der Waals surface area contributed by atoms with Crippen molar-refractivity contribution in [1.82, 2.24) is 0 Å². The highest BCUT2D eigenvalue weighted by atomic mass is 16.3. The third kappa shape index (κ3) is 6.19. The molecule has 22 heavy (non-hydrogen) atoms. The normalized spacial score (nSPS) is 9.82. The van der Waals surface area contributed by atoms with Crippen molar-refractivity contribution < 1.29 is 5.11 Å². The molecule has 0 fully saturated rings. The molecular weight excluding hydrogens is 272 g/mol. The van der Waals surface area contributed by atoms with Gasteiger partial charge in [-0.15, -0.1) is 0 Å². The van der Waals surface area contributed by atoms with Crippen LogP contribution in [0.3, 0.4) is 0 Å². The molecule has 3 nitrogen and oxygen atoms in total. The average molecular weight is 300 g/mol. The van der Waals surface area contributed by atoms with Crippen LogP contribution in [-0.2, 0) is 0 Å². The molecule has 0 aromatic heterocycles. The van der Waals surface area contributed by atoms with E-state index in [2.05, 4.69) is 36.9 Å². The molecular formula is C19H28N2O. The molecule has 0 bridgehead atoms. The van der Waals surface area contributed by atoms with E-state index in [-0.39, 0.29) is 6.61 Å². The van der Waals surface area contributed by atoms with Gasteiger partial charge in [0.05, 0.1) is 0 Å². The Bertz CT molecular complexity index is 540. The first-order valence-electron chi connectivity index (χ1n) is 7.82. The SMILES string of the molecule is CCN(CCCO)c1ccc(N)c(C)c1.Cc1ccccc1. The fourth-order valence-electron chi connectivity index (χ4n) is 2.12. The van der Waals surface area contributed by atoms with Crippen molar-refractivity contribution in [2.75, 3.05) is 30.3 Å². The van der Waals surface area contributed by atoms with Crippen LogP contribution in [0.2, 0.25) is 0 Å². The first kappa shape index (κ1) is 18.1. The highest BCUT2D eigenvalue weighted by Crippen LogP contribution is 2.20. The van der Waals surface area contributed by atoms with E-state index < -0.39 is 0 Å². The van der Waals surface area contributed by atoms with Gasteiger partial charge in [-0.25, -0.2) is 0 Å². The summed E-state index contributed by atoms with van der Waals surface area (Å²) in [5.74, 6) is 0. The summed E-state index contributed by atoms with van der Waals surface area (Å²) < 4.78 is 0. The molecule has 0 saturated carbocycles. The van der Waals surface area contributed by atoms with Gasteiger partial charge in [-0.2, -0.15) is 0 Å². The second kappa shape index (κ2) is 9.85. The van der Waals surface area contributed by atoms with Gasteiger partial charge < -0.3 is 15.7 Å². The number of benzene rings is 2. The van der Waals surface area contributed by atoms with E-state index in [1.165, 1.54) is 11.3 Å². The van der Waals surface area contributed by atoms with Crippen molar-refractivity contribution in [1.29, 1.82) is 0 Å².